The number of rotatable bonds is 4. The number of carbonyl (C=O) groups is 2. The first-order valence-corrected chi connectivity index (χ1v) is 6.08. The molecule has 0 aliphatic rings. The lowest BCUT2D eigenvalue weighted by Gasteiger charge is -2.23. The summed E-state index contributed by atoms with van der Waals surface area (Å²) < 4.78 is 0. The average molecular weight is 264 g/mol. The van der Waals surface area contributed by atoms with Crippen LogP contribution in [0.25, 0.3) is 0 Å². The Hall–Kier alpha value is -2.04. The van der Waals surface area contributed by atoms with Crippen molar-refractivity contribution in [3.63, 3.8) is 0 Å². The molecular weight excluding hydrogens is 244 g/mol. The zero-order chi connectivity index (χ0) is 14.6. The van der Waals surface area contributed by atoms with Gasteiger partial charge in [-0.15, -0.1) is 0 Å². The Morgan fingerprint density at radius 1 is 1.32 bits per heavy atom. The van der Waals surface area contributed by atoms with Gasteiger partial charge in [-0.2, -0.15) is 0 Å². The zero-order valence-electron chi connectivity index (χ0n) is 11.7. The lowest BCUT2D eigenvalue weighted by Crippen LogP contribution is -2.43. The third-order valence-corrected chi connectivity index (χ3v) is 3.02. The van der Waals surface area contributed by atoms with Crippen LogP contribution in [0.5, 0.6) is 5.75 Å². The normalized spacial score (nSPS) is 10.9. The van der Waals surface area contributed by atoms with Crippen LogP contribution in [-0.4, -0.2) is 30.5 Å². The van der Waals surface area contributed by atoms with Gasteiger partial charge in [0.25, 0.3) is 5.91 Å². The summed E-state index contributed by atoms with van der Waals surface area (Å²) in [4.78, 5) is 23.6. The summed E-state index contributed by atoms with van der Waals surface area (Å²) in [6.45, 7) is 5.39. The summed E-state index contributed by atoms with van der Waals surface area (Å²) in [5.41, 5.74) is 0.148. The van der Waals surface area contributed by atoms with E-state index in [0.717, 1.165) is 0 Å². The van der Waals surface area contributed by atoms with Gasteiger partial charge in [0.05, 0.1) is 11.0 Å². The molecule has 1 aromatic rings. The molecule has 3 N–H and O–H groups in total. The minimum absolute atomic E-state index is 0.0299. The van der Waals surface area contributed by atoms with Gasteiger partial charge >= 0.3 is 0 Å². The molecule has 19 heavy (non-hydrogen) atoms. The van der Waals surface area contributed by atoms with E-state index in [1.165, 1.54) is 0 Å². The number of phenolic OH excluding ortho intramolecular Hbond substituents is 1. The lowest BCUT2D eigenvalue weighted by atomic mass is 9.92. The van der Waals surface area contributed by atoms with Crippen molar-refractivity contribution in [2.75, 3.05) is 13.6 Å². The molecule has 0 atom stereocenters. The van der Waals surface area contributed by atoms with Crippen molar-refractivity contribution in [3.05, 3.63) is 29.3 Å². The van der Waals surface area contributed by atoms with Crippen molar-refractivity contribution < 1.29 is 14.7 Å². The van der Waals surface area contributed by atoms with Crippen molar-refractivity contribution in [3.8, 4) is 5.75 Å². The molecule has 0 aliphatic heterocycles. The molecule has 0 aliphatic carbocycles. The summed E-state index contributed by atoms with van der Waals surface area (Å²) in [5, 5.41) is 15.0. The number of aryl methyl sites for hydroxylation is 1. The van der Waals surface area contributed by atoms with Crippen LogP contribution in [0.15, 0.2) is 18.2 Å². The molecular formula is C14H20N2O3. The number of phenols is 1. The van der Waals surface area contributed by atoms with Crippen LogP contribution in [0.1, 0.15) is 29.8 Å². The highest BCUT2D eigenvalue weighted by atomic mass is 16.3. The monoisotopic (exact) mass is 264 g/mol. The van der Waals surface area contributed by atoms with Gasteiger partial charge in [0.15, 0.2) is 0 Å². The molecule has 0 saturated heterocycles. The molecule has 0 spiro atoms. The van der Waals surface area contributed by atoms with Gasteiger partial charge in [-0.25, -0.2) is 0 Å². The summed E-state index contributed by atoms with van der Waals surface area (Å²) in [6.07, 6.45) is 0. The van der Waals surface area contributed by atoms with E-state index in [1.54, 1.807) is 46.0 Å². The Morgan fingerprint density at radius 2 is 1.95 bits per heavy atom. The topological polar surface area (TPSA) is 78.4 Å². The van der Waals surface area contributed by atoms with Gasteiger partial charge in [-0.3, -0.25) is 9.59 Å². The van der Waals surface area contributed by atoms with E-state index in [9.17, 15) is 14.7 Å². The molecule has 104 valence electrons. The Bertz CT molecular complexity index is 495. The largest absolute Gasteiger partial charge is 0.507 e. The molecule has 0 aromatic heterocycles. The standard InChI is InChI=1S/C14H20N2O3/c1-9-6-5-7-10(11(9)17)12(18)16-8-14(2,3)13(19)15-4/h5-7,17H,8H2,1-4H3,(H,15,19)(H,16,18). The molecule has 0 heterocycles. The molecule has 0 saturated carbocycles. The second kappa shape index (κ2) is 5.73. The predicted molar refractivity (Wildman–Crippen MR) is 73.0 cm³/mol. The van der Waals surface area contributed by atoms with Gasteiger partial charge in [0.1, 0.15) is 5.75 Å². The second-order valence-corrected chi connectivity index (χ2v) is 5.12. The van der Waals surface area contributed by atoms with E-state index >= 15 is 0 Å². The Labute approximate surface area is 113 Å². The summed E-state index contributed by atoms with van der Waals surface area (Å²) in [5.74, 6) is -0.572. The van der Waals surface area contributed by atoms with E-state index in [0.29, 0.717) is 5.56 Å². The van der Waals surface area contributed by atoms with Gasteiger partial charge in [0.2, 0.25) is 5.91 Å². The van der Waals surface area contributed by atoms with Crippen LogP contribution in [0.4, 0.5) is 0 Å². The van der Waals surface area contributed by atoms with Crippen molar-refractivity contribution in [1.29, 1.82) is 0 Å². The number of benzene rings is 1. The first kappa shape index (κ1) is 15.0. The quantitative estimate of drug-likeness (QED) is 0.764. The molecule has 0 bridgehead atoms. The van der Waals surface area contributed by atoms with Gasteiger partial charge in [-0.05, 0) is 32.4 Å². The maximum Gasteiger partial charge on any atom is 0.255 e. The van der Waals surface area contributed by atoms with Crippen LogP contribution in [0.2, 0.25) is 0 Å². The van der Waals surface area contributed by atoms with E-state index < -0.39 is 11.3 Å². The molecule has 1 aromatic carbocycles. The highest BCUT2D eigenvalue weighted by molar-refractivity contribution is 5.97. The summed E-state index contributed by atoms with van der Waals surface area (Å²) in [6, 6.07) is 4.97. The van der Waals surface area contributed by atoms with Crippen molar-refractivity contribution in [2.24, 2.45) is 5.41 Å². The Kier molecular flexibility index (Phi) is 4.53. The van der Waals surface area contributed by atoms with Gasteiger partial charge < -0.3 is 15.7 Å². The van der Waals surface area contributed by atoms with E-state index in [-0.39, 0.29) is 23.8 Å². The van der Waals surface area contributed by atoms with Crippen LogP contribution in [0, 0.1) is 12.3 Å². The maximum atomic E-state index is 12.0. The summed E-state index contributed by atoms with van der Waals surface area (Å²) in [7, 11) is 1.55. The van der Waals surface area contributed by atoms with Crippen LogP contribution in [-0.2, 0) is 4.79 Å². The smallest absolute Gasteiger partial charge is 0.255 e. The highest BCUT2D eigenvalue weighted by Gasteiger charge is 2.27. The Balaban J connectivity index is 2.76. The average Bonchev–Trinajstić information content (AvgIpc) is 2.38. The van der Waals surface area contributed by atoms with E-state index in [4.69, 9.17) is 0 Å². The molecule has 5 nitrogen and oxygen atoms in total. The first-order valence-electron chi connectivity index (χ1n) is 6.08. The number of hydrogen-bond donors (Lipinski definition) is 3. The summed E-state index contributed by atoms with van der Waals surface area (Å²) >= 11 is 0. The molecule has 0 unspecified atom stereocenters. The SMILES string of the molecule is CNC(=O)C(C)(C)CNC(=O)c1cccc(C)c1O. The van der Waals surface area contributed by atoms with Crippen LogP contribution in [0.3, 0.4) is 0 Å². The molecule has 0 radical (unpaired) electrons. The number of nitrogens with one attached hydrogen (secondary N) is 2. The van der Waals surface area contributed by atoms with Gasteiger partial charge in [0, 0.05) is 13.6 Å². The molecule has 2 amide bonds. The molecule has 1 rings (SSSR count). The first-order chi connectivity index (χ1) is 8.79. The predicted octanol–water partition coefficient (Wildman–Crippen LogP) is 1.20. The van der Waals surface area contributed by atoms with Crippen molar-refractivity contribution in [1.82, 2.24) is 10.6 Å². The van der Waals surface area contributed by atoms with Crippen molar-refractivity contribution >= 4 is 11.8 Å². The third-order valence-electron chi connectivity index (χ3n) is 3.02. The highest BCUT2D eigenvalue weighted by Crippen LogP contribution is 2.21. The maximum absolute atomic E-state index is 12.0. The molecule has 0 fully saturated rings. The lowest BCUT2D eigenvalue weighted by molar-refractivity contribution is -0.128. The second-order valence-electron chi connectivity index (χ2n) is 5.12. The van der Waals surface area contributed by atoms with Crippen molar-refractivity contribution in [2.45, 2.75) is 20.8 Å². The Morgan fingerprint density at radius 3 is 2.53 bits per heavy atom. The fourth-order valence-electron chi connectivity index (χ4n) is 1.66. The number of hydrogen-bond acceptors (Lipinski definition) is 3. The van der Waals surface area contributed by atoms with Crippen LogP contribution < -0.4 is 10.6 Å². The molecule has 5 heteroatoms. The van der Waals surface area contributed by atoms with E-state index in [1.807, 2.05) is 0 Å². The van der Waals surface area contributed by atoms with E-state index in [2.05, 4.69) is 10.6 Å². The zero-order valence-corrected chi connectivity index (χ0v) is 11.7. The number of amides is 2. The number of carbonyl (C=O) groups excluding carboxylic acids is 2. The fraction of sp³-hybridized carbons (Fsp3) is 0.429. The minimum atomic E-state index is -0.705. The minimum Gasteiger partial charge on any atom is -0.507 e. The third kappa shape index (κ3) is 3.47. The van der Waals surface area contributed by atoms with Crippen LogP contribution >= 0.6 is 0 Å². The van der Waals surface area contributed by atoms with Gasteiger partial charge in [-0.1, -0.05) is 12.1 Å². The number of aromatic hydroxyl groups is 1. The number of para-hydroxylation sites is 1. The fourth-order valence-corrected chi connectivity index (χ4v) is 1.66.